The van der Waals surface area contributed by atoms with Crippen molar-refractivity contribution in [1.82, 2.24) is 14.9 Å². The van der Waals surface area contributed by atoms with E-state index in [-0.39, 0.29) is 5.91 Å². The molecule has 1 N–H and O–H groups in total. The number of rotatable bonds is 8. The van der Waals surface area contributed by atoms with Crippen molar-refractivity contribution in [2.75, 3.05) is 25.5 Å². The van der Waals surface area contributed by atoms with E-state index in [0.717, 1.165) is 31.4 Å². The summed E-state index contributed by atoms with van der Waals surface area (Å²) in [7, 11) is 1.80. The van der Waals surface area contributed by atoms with Crippen molar-refractivity contribution in [2.24, 2.45) is 0 Å². The van der Waals surface area contributed by atoms with Gasteiger partial charge in [-0.05, 0) is 37.5 Å². The molecule has 1 aromatic carbocycles. The molecule has 0 saturated heterocycles. The molecule has 2 aromatic rings. The Bertz CT molecular complexity index is 767. The lowest BCUT2D eigenvalue weighted by molar-refractivity contribution is 0.0787. The summed E-state index contributed by atoms with van der Waals surface area (Å²) in [6, 6.07) is 7.16. The minimum Gasteiger partial charge on any atom is -0.370 e. The van der Waals surface area contributed by atoms with Crippen molar-refractivity contribution in [3.8, 4) is 0 Å². The fourth-order valence-corrected chi connectivity index (χ4v) is 3.01. The van der Waals surface area contributed by atoms with E-state index in [0.29, 0.717) is 33.9 Å². The van der Waals surface area contributed by atoms with E-state index in [1.54, 1.807) is 31.0 Å². The Morgan fingerprint density at radius 2 is 2.00 bits per heavy atom. The summed E-state index contributed by atoms with van der Waals surface area (Å²) in [5, 5.41) is 4.50. The van der Waals surface area contributed by atoms with E-state index in [2.05, 4.69) is 22.2 Å². The van der Waals surface area contributed by atoms with Gasteiger partial charge in [0.1, 0.15) is 17.3 Å². The number of benzene rings is 1. The van der Waals surface area contributed by atoms with E-state index >= 15 is 0 Å². The highest BCUT2D eigenvalue weighted by atomic mass is 35.5. The Morgan fingerprint density at radius 3 is 2.69 bits per heavy atom. The number of nitrogens with zero attached hydrogens (tertiary/aromatic N) is 3. The van der Waals surface area contributed by atoms with Gasteiger partial charge in [0.25, 0.3) is 5.91 Å². The molecular formula is C19H24Cl2N4O. The Labute approximate surface area is 164 Å². The van der Waals surface area contributed by atoms with Gasteiger partial charge in [0.05, 0.1) is 0 Å². The number of aryl methyl sites for hydroxylation is 1. The first kappa shape index (κ1) is 20.5. The van der Waals surface area contributed by atoms with E-state index in [1.807, 2.05) is 12.1 Å². The Kier molecular flexibility index (Phi) is 7.66. The predicted octanol–water partition coefficient (Wildman–Crippen LogP) is 4.62. The van der Waals surface area contributed by atoms with Gasteiger partial charge in [0, 0.05) is 36.2 Å². The van der Waals surface area contributed by atoms with Crippen molar-refractivity contribution in [3.05, 3.63) is 51.4 Å². The number of nitrogens with one attached hydrogen (secondary N) is 1. The maximum absolute atomic E-state index is 12.5. The van der Waals surface area contributed by atoms with Crippen LogP contribution in [0.25, 0.3) is 0 Å². The highest BCUT2D eigenvalue weighted by Gasteiger charge is 2.15. The Hall–Kier alpha value is -1.85. The fourth-order valence-electron chi connectivity index (χ4n) is 2.51. The van der Waals surface area contributed by atoms with Crippen LogP contribution in [0.5, 0.6) is 0 Å². The van der Waals surface area contributed by atoms with Gasteiger partial charge >= 0.3 is 0 Å². The van der Waals surface area contributed by atoms with Crippen LogP contribution in [0.2, 0.25) is 10.0 Å². The van der Waals surface area contributed by atoms with Gasteiger partial charge < -0.3 is 10.2 Å². The van der Waals surface area contributed by atoms with Crippen LogP contribution >= 0.6 is 23.2 Å². The summed E-state index contributed by atoms with van der Waals surface area (Å²) in [6.07, 6.45) is 2.73. The number of carbonyl (C=O) groups is 1. The van der Waals surface area contributed by atoms with Gasteiger partial charge in [-0.15, -0.1) is 0 Å². The van der Waals surface area contributed by atoms with Gasteiger partial charge in [0.2, 0.25) is 0 Å². The van der Waals surface area contributed by atoms with Crippen LogP contribution in [0.3, 0.4) is 0 Å². The number of carbonyl (C=O) groups excluding carboxylic acids is 1. The molecule has 0 fully saturated rings. The second-order valence-electron chi connectivity index (χ2n) is 6.18. The van der Waals surface area contributed by atoms with Crippen molar-refractivity contribution in [3.63, 3.8) is 0 Å². The molecule has 0 radical (unpaired) electrons. The maximum atomic E-state index is 12.5. The molecule has 0 aliphatic rings. The van der Waals surface area contributed by atoms with Gasteiger partial charge in [0.15, 0.2) is 0 Å². The largest absolute Gasteiger partial charge is 0.370 e. The average Bonchev–Trinajstić information content (AvgIpc) is 2.60. The first-order chi connectivity index (χ1) is 12.4. The van der Waals surface area contributed by atoms with Crippen molar-refractivity contribution < 1.29 is 4.79 Å². The number of aromatic nitrogens is 2. The number of halogens is 2. The second kappa shape index (κ2) is 9.74. The van der Waals surface area contributed by atoms with Crippen LogP contribution in [-0.4, -0.2) is 40.9 Å². The average molecular weight is 395 g/mol. The molecular weight excluding hydrogens is 371 g/mol. The van der Waals surface area contributed by atoms with Crippen LogP contribution in [0.1, 0.15) is 41.6 Å². The molecule has 2 rings (SSSR count). The molecule has 26 heavy (non-hydrogen) atoms. The summed E-state index contributed by atoms with van der Waals surface area (Å²) < 4.78 is 0. The number of anilines is 1. The lowest BCUT2D eigenvalue weighted by Crippen LogP contribution is -2.29. The zero-order valence-electron chi connectivity index (χ0n) is 15.4. The van der Waals surface area contributed by atoms with Crippen LogP contribution in [0, 0.1) is 6.92 Å². The van der Waals surface area contributed by atoms with E-state index < -0.39 is 0 Å². The number of hydrogen-bond donors (Lipinski definition) is 1. The van der Waals surface area contributed by atoms with Crippen LogP contribution in [0.4, 0.5) is 5.82 Å². The van der Waals surface area contributed by atoms with Crippen LogP contribution in [-0.2, 0) is 6.42 Å². The zero-order valence-corrected chi connectivity index (χ0v) is 16.9. The van der Waals surface area contributed by atoms with E-state index in [4.69, 9.17) is 23.2 Å². The molecule has 0 unspecified atom stereocenters. The first-order valence-electron chi connectivity index (χ1n) is 8.69. The predicted molar refractivity (Wildman–Crippen MR) is 107 cm³/mol. The third-order valence-electron chi connectivity index (χ3n) is 3.97. The lowest BCUT2D eigenvalue weighted by atomic mass is 10.1. The summed E-state index contributed by atoms with van der Waals surface area (Å²) in [6.45, 7) is 5.24. The molecule has 0 spiro atoms. The molecule has 7 heteroatoms. The standard InChI is InChI=1S/C19H24Cl2N4O/c1-4-5-10-25(3)19(26)17-12-18(24-13(2)23-17)22-9-8-14-6-7-15(20)11-16(14)21/h6-7,11-12H,4-5,8-10H2,1-3H3,(H,22,23,24). The zero-order chi connectivity index (χ0) is 19.1. The summed E-state index contributed by atoms with van der Waals surface area (Å²) in [5.74, 6) is 1.11. The third-order valence-corrected chi connectivity index (χ3v) is 4.55. The Balaban J connectivity index is 2.01. The second-order valence-corrected chi connectivity index (χ2v) is 7.02. The topological polar surface area (TPSA) is 58.1 Å². The summed E-state index contributed by atoms with van der Waals surface area (Å²) in [5.41, 5.74) is 1.41. The highest BCUT2D eigenvalue weighted by Crippen LogP contribution is 2.21. The maximum Gasteiger partial charge on any atom is 0.272 e. The van der Waals surface area contributed by atoms with Crippen LogP contribution in [0.15, 0.2) is 24.3 Å². The van der Waals surface area contributed by atoms with Crippen molar-refractivity contribution in [1.29, 1.82) is 0 Å². The molecule has 1 amide bonds. The van der Waals surface area contributed by atoms with E-state index in [9.17, 15) is 4.79 Å². The normalized spacial score (nSPS) is 10.7. The molecule has 0 bridgehead atoms. The number of amides is 1. The summed E-state index contributed by atoms with van der Waals surface area (Å²) in [4.78, 5) is 22.8. The van der Waals surface area contributed by atoms with Crippen molar-refractivity contribution >= 4 is 34.9 Å². The quantitative estimate of drug-likeness (QED) is 0.709. The van der Waals surface area contributed by atoms with Crippen LogP contribution < -0.4 is 5.32 Å². The Morgan fingerprint density at radius 1 is 1.23 bits per heavy atom. The summed E-state index contributed by atoms with van der Waals surface area (Å²) >= 11 is 12.1. The monoisotopic (exact) mass is 394 g/mol. The molecule has 0 saturated carbocycles. The molecule has 140 valence electrons. The fraction of sp³-hybridized carbons (Fsp3) is 0.421. The minimum atomic E-state index is -0.0901. The smallest absolute Gasteiger partial charge is 0.272 e. The SMILES string of the molecule is CCCCN(C)C(=O)c1cc(NCCc2ccc(Cl)cc2Cl)nc(C)n1. The van der Waals surface area contributed by atoms with Gasteiger partial charge in [-0.3, -0.25) is 4.79 Å². The molecule has 0 aliphatic heterocycles. The first-order valence-corrected chi connectivity index (χ1v) is 9.45. The molecule has 0 atom stereocenters. The minimum absolute atomic E-state index is 0.0901. The number of unbranched alkanes of at least 4 members (excludes halogenated alkanes) is 1. The molecule has 1 aromatic heterocycles. The van der Waals surface area contributed by atoms with Crippen molar-refractivity contribution in [2.45, 2.75) is 33.1 Å². The lowest BCUT2D eigenvalue weighted by Gasteiger charge is -2.17. The van der Waals surface area contributed by atoms with Gasteiger partial charge in [-0.2, -0.15) is 0 Å². The number of hydrogen-bond acceptors (Lipinski definition) is 4. The molecule has 1 heterocycles. The molecule has 5 nitrogen and oxygen atoms in total. The van der Waals surface area contributed by atoms with Gasteiger partial charge in [-0.25, -0.2) is 9.97 Å². The molecule has 0 aliphatic carbocycles. The van der Waals surface area contributed by atoms with E-state index in [1.165, 1.54) is 0 Å². The highest BCUT2D eigenvalue weighted by molar-refractivity contribution is 6.35. The third kappa shape index (κ3) is 5.85. The van der Waals surface area contributed by atoms with Gasteiger partial charge in [-0.1, -0.05) is 42.6 Å².